The van der Waals surface area contributed by atoms with Gasteiger partial charge in [-0.2, -0.15) is 0 Å². The fourth-order valence-electron chi connectivity index (χ4n) is 4.63. The van der Waals surface area contributed by atoms with Crippen LogP contribution in [-0.2, 0) is 16.1 Å². The van der Waals surface area contributed by atoms with Crippen LogP contribution in [0.25, 0.3) is 6.08 Å². The Balaban J connectivity index is 1.60. The molecule has 0 N–H and O–H groups in total. The molecule has 0 saturated heterocycles. The van der Waals surface area contributed by atoms with Gasteiger partial charge >= 0.3 is 5.97 Å². The number of thiazole rings is 1. The van der Waals surface area contributed by atoms with Crippen LogP contribution in [0.2, 0.25) is 10.0 Å². The van der Waals surface area contributed by atoms with Crippen LogP contribution in [0.1, 0.15) is 36.6 Å². The van der Waals surface area contributed by atoms with E-state index < -0.39 is 12.0 Å². The zero-order valence-electron chi connectivity index (χ0n) is 23.6. The largest absolute Gasteiger partial charge is 0.490 e. The minimum absolute atomic E-state index is 0.211. The molecule has 8 nitrogen and oxygen atoms in total. The molecule has 5 rings (SSSR count). The lowest BCUT2D eigenvalue weighted by atomic mass is 9.97. The molecule has 0 aliphatic carbocycles. The highest BCUT2D eigenvalue weighted by atomic mass is 35.5. The molecule has 1 atom stereocenters. The molecule has 3 aromatic carbocycles. The van der Waals surface area contributed by atoms with Crippen molar-refractivity contribution in [1.29, 1.82) is 0 Å². The Morgan fingerprint density at radius 3 is 2.35 bits per heavy atom. The van der Waals surface area contributed by atoms with Crippen LogP contribution >= 0.6 is 34.5 Å². The highest BCUT2D eigenvalue weighted by Crippen LogP contribution is 2.35. The molecule has 0 unspecified atom stereocenters. The molecule has 4 aromatic rings. The number of aromatic nitrogens is 1. The molecule has 0 spiro atoms. The number of esters is 1. The van der Waals surface area contributed by atoms with Crippen LogP contribution in [0.3, 0.4) is 0 Å². The monoisotopic (exact) mass is 638 g/mol. The maximum atomic E-state index is 14.0. The van der Waals surface area contributed by atoms with Gasteiger partial charge in [0.25, 0.3) is 5.56 Å². The van der Waals surface area contributed by atoms with Gasteiger partial charge in [0.15, 0.2) is 16.3 Å². The Morgan fingerprint density at radius 1 is 0.930 bits per heavy atom. The van der Waals surface area contributed by atoms with Crippen molar-refractivity contribution in [2.75, 3.05) is 20.3 Å². The second-order valence-electron chi connectivity index (χ2n) is 9.35. The van der Waals surface area contributed by atoms with Gasteiger partial charge in [-0.25, -0.2) is 9.79 Å². The maximum absolute atomic E-state index is 14.0. The quantitative estimate of drug-likeness (QED) is 0.207. The fourth-order valence-corrected chi connectivity index (χ4v) is 5.90. The summed E-state index contributed by atoms with van der Waals surface area (Å²) in [6.45, 7) is 4.91. The molecule has 2 heterocycles. The van der Waals surface area contributed by atoms with E-state index in [9.17, 15) is 9.59 Å². The van der Waals surface area contributed by atoms with E-state index in [1.807, 2.05) is 26.0 Å². The van der Waals surface area contributed by atoms with E-state index in [4.69, 9.17) is 42.1 Å². The molecule has 1 aliphatic heterocycles. The van der Waals surface area contributed by atoms with Crippen molar-refractivity contribution in [3.8, 4) is 17.2 Å². The highest BCUT2D eigenvalue weighted by molar-refractivity contribution is 7.07. The van der Waals surface area contributed by atoms with Crippen molar-refractivity contribution in [3.05, 3.63) is 119 Å². The van der Waals surface area contributed by atoms with Gasteiger partial charge in [0.2, 0.25) is 0 Å². The van der Waals surface area contributed by atoms with Gasteiger partial charge in [-0.05, 0) is 73.5 Å². The van der Waals surface area contributed by atoms with Gasteiger partial charge in [-0.3, -0.25) is 9.36 Å². The predicted octanol–water partition coefficient (Wildman–Crippen LogP) is 5.70. The zero-order valence-corrected chi connectivity index (χ0v) is 26.0. The van der Waals surface area contributed by atoms with Crippen LogP contribution in [-0.4, -0.2) is 30.9 Å². The van der Waals surface area contributed by atoms with Gasteiger partial charge in [0.1, 0.15) is 12.4 Å². The summed E-state index contributed by atoms with van der Waals surface area (Å²) in [5.41, 5.74) is 2.07. The Morgan fingerprint density at radius 2 is 1.63 bits per heavy atom. The Bertz CT molecular complexity index is 1860. The lowest BCUT2D eigenvalue weighted by Crippen LogP contribution is -2.39. The summed E-state index contributed by atoms with van der Waals surface area (Å²) in [7, 11) is 1.29. The smallest absolute Gasteiger partial charge is 0.337 e. The van der Waals surface area contributed by atoms with Crippen LogP contribution in [0.4, 0.5) is 0 Å². The van der Waals surface area contributed by atoms with Crippen molar-refractivity contribution in [1.82, 2.24) is 4.57 Å². The molecule has 1 aliphatic rings. The number of rotatable bonds is 10. The number of halogens is 2. The van der Waals surface area contributed by atoms with E-state index in [0.29, 0.717) is 67.6 Å². The normalized spacial score (nSPS) is 14.4. The highest BCUT2D eigenvalue weighted by Gasteiger charge is 2.31. The summed E-state index contributed by atoms with van der Waals surface area (Å²) in [5.74, 6) is 1.02. The Labute approximate surface area is 262 Å². The summed E-state index contributed by atoms with van der Waals surface area (Å²) in [6, 6.07) is 17.1. The lowest BCUT2D eigenvalue weighted by molar-refractivity contribution is -0.136. The van der Waals surface area contributed by atoms with Crippen molar-refractivity contribution < 1.29 is 23.7 Å². The summed E-state index contributed by atoms with van der Waals surface area (Å²) < 4.78 is 24.6. The van der Waals surface area contributed by atoms with E-state index in [1.165, 1.54) is 29.2 Å². The third-order valence-corrected chi connectivity index (χ3v) is 8.06. The second kappa shape index (κ2) is 13.5. The van der Waals surface area contributed by atoms with Crippen molar-refractivity contribution in [2.24, 2.45) is 4.99 Å². The molecule has 222 valence electrons. The zero-order chi connectivity index (χ0) is 30.5. The van der Waals surface area contributed by atoms with Crippen LogP contribution in [0.5, 0.6) is 17.2 Å². The molecule has 0 amide bonds. The van der Waals surface area contributed by atoms with Gasteiger partial charge in [-0.15, -0.1) is 0 Å². The fraction of sp³-hybridized carbons (Fsp3) is 0.219. The lowest BCUT2D eigenvalue weighted by Gasteiger charge is -2.23. The Hall–Kier alpha value is -4.05. The minimum atomic E-state index is -0.805. The van der Waals surface area contributed by atoms with E-state index in [2.05, 4.69) is 4.99 Å². The van der Waals surface area contributed by atoms with Crippen LogP contribution in [0, 0.1) is 0 Å². The number of benzene rings is 3. The topological polar surface area (TPSA) is 88.4 Å². The predicted molar refractivity (Wildman–Crippen MR) is 167 cm³/mol. The first-order valence-corrected chi connectivity index (χ1v) is 15.1. The van der Waals surface area contributed by atoms with E-state index in [1.54, 1.807) is 54.6 Å². The first-order valence-electron chi connectivity index (χ1n) is 13.5. The summed E-state index contributed by atoms with van der Waals surface area (Å²) in [6.07, 6.45) is 3.16. The van der Waals surface area contributed by atoms with Crippen molar-refractivity contribution >= 4 is 46.6 Å². The first kappa shape index (κ1) is 30.4. The van der Waals surface area contributed by atoms with Crippen molar-refractivity contribution in [3.63, 3.8) is 0 Å². The molecule has 0 saturated carbocycles. The first-order chi connectivity index (χ1) is 20.8. The SMILES string of the molecule is CCOc1ccc([C@H]2C(C(=O)OC)=CN=c3s/c(=C/c4cc(Cl)ccc4OCc4ccc(Cl)cc4)c(=O)n32)cc1OCC. The average Bonchev–Trinajstić information content (AvgIpc) is 3.32. The molecule has 0 radical (unpaired) electrons. The molecule has 0 fully saturated rings. The Kier molecular flexibility index (Phi) is 9.55. The van der Waals surface area contributed by atoms with Gasteiger partial charge in [0.05, 0.1) is 36.5 Å². The molecule has 1 aromatic heterocycles. The summed E-state index contributed by atoms with van der Waals surface area (Å²) >= 11 is 13.5. The third-order valence-electron chi connectivity index (χ3n) is 6.57. The number of ether oxygens (including phenoxy) is 4. The number of fused-ring (bicyclic) bond motifs is 1. The number of carbonyl (C=O) groups is 1. The van der Waals surface area contributed by atoms with Gasteiger partial charge in [-0.1, -0.05) is 52.7 Å². The number of hydrogen-bond donors (Lipinski definition) is 0. The average molecular weight is 640 g/mol. The molecular formula is C32H28Cl2N2O6S. The molecule has 0 bridgehead atoms. The van der Waals surface area contributed by atoms with E-state index in [-0.39, 0.29) is 11.1 Å². The van der Waals surface area contributed by atoms with Crippen LogP contribution in [0.15, 0.2) is 82.2 Å². The molecule has 11 heteroatoms. The summed E-state index contributed by atoms with van der Waals surface area (Å²) in [4.78, 5) is 31.7. The van der Waals surface area contributed by atoms with E-state index in [0.717, 1.165) is 5.56 Å². The van der Waals surface area contributed by atoms with E-state index >= 15 is 0 Å². The maximum Gasteiger partial charge on any atom is 0.337 e. The number of hydrogen-bond acceptors (Lipinski definition) is 8. The standard InChI is InChI=1S/C32H28Cl2N2O6S/c1-4-40-26-12-8-20(15-27(26)41-5-2)29-24(31(38)39-3)17-35-32-36(29)30(37)28(43-32)16-21-14-23(34)11-13-25(21)42-18-19-6-9-22(33)10-7-19/h6-17,29H,4-5,18H2,1-3H3/b28-16+/t29-/m0/s1. The molecular weight excluding hydrogens is 611 g/mol. The number of methoxy groups -OCH3 is 1. The number of carbonyl (C=O) groups excluding carboxylic acids is 1. The summed E-state index contributed by atoms with van der Waals surface area (Å²) in [5, 5.41) is 1.13. The van der Waals surface area contributed by atoms with Crippen molar-refractivity contribution in [2.45, 2.75) is 26.5 Å². The third kappa shape index (κ3) is 6.64. The minimum Gasteiger partial charge on any atom is -0.490 e. The van der Waals surface area contributed by atoms with Crippen LogP contribution < -0.4 is 29.1 Å². The molecule has 43 heavy (non-hydrogen) atoms. The second-order valence-corrected chi connectivity index (χ2v) is 11.2. The van der Waals surface area contributed by atoms with Gasteiger partial charge in [0, 0.05) is 21.8 Å². The number of nitrogens with zero attached hydrogens (tertiary/aromatic N) is 2. The van der Waals surface area contributed by atoms with Gasteiger partial charge < -0.3 is 18.9 Å².